The van der Waals surface area contributed by atoms with Gasteiger partial charge >= 0.3 is 12.3 Å². The highest BCUT2D eigenvalue weighted by atomic mass is 127. The molecule has 13 heteroatoms. The second-order valence-electron chi connectivity index (χ2n) is 6.14. The average molecular weight is 601 g/mol. The van der Waals surface area contributed by atoms with E-state index in [0.29, 0.717) is 6.07 Å². The van der Waals surface area contributed by atoms with E-state index in [4.69, 9.17) is 5.11 Å². The number of nitrogens with one attached hydrogen (secondary N) is 1. The summed E-state index contributed by atoms with van der Waals surface area (Å²) < 4.78 is 89.2. The summed E-state index contributed by atoms with van der Waals surface area (Å²) in [6.45, 7) is 0. The number of halogens is 7. The molecule has 0 radical (unpaired) electrons. The first-order valence-electron chi connectivity index (χ1n) is 8.51. The van der Waals surface area contributed by atoms with Crippen molar-refractivity contribution >= 4 is 54.1 Å². The summed E-state index contributed by atoms with van der Waals surface area (Å²) in [5.74, 6) is -8.07. The minimum absolute atomic E-state index is 0.345. The van der Waals surface area contributed by atoms with Gasteiger partial charge in [0, 0.05) is 0 Å². The minimum atomic E-state index is -5.06. The fourth-order valence-corrected chi connectivity index (χ4v) is 4.89. The molecule has 1 aromatic heterocycles. The molecule has 1 heterocycles. The van der Waals surface area contributed by atoms with Crippen molar-refractivity contribution in [3.8, 4) is 16.9 Å². The van der Waals surface area contributed by atoms with E-state index in [1.807, 2.05) is 5.32 Å². The Bertz CT molecular complexity index is 1270. The van der Waals surface area contributed by atoms with Gasteiger partial charge in [0.1, 0.15) is 16.4 Å². The van der Waals surface area contributed by atoms with Crippen molar-refractivity contribution in [3.05, 3.63) is 67.2 Å². The van der Waals surface area contributed by atoms with E-state index in [-0.39, 0.29) is 10.4 Å². The van der Waals surface area contributed by atoms with Crippen molar-refractivity contribution < 1.29 is 45.8 Å². The SMILES string of the molecule is C=Ic1c(F)c(-c2cccc(OC(F)(F)F)c2)c(F)c(F)c1NC(=O)c1ccsc1C(=O)O. The summed E-state index contributed by atoms with van der Waals surface area (Å²) in [7, 11) is 0. The third kappa shape index (κ3) is 5.19. The molecule has 2 N–H and O–H groups in total. The molecule has 3 aromatic rings. The standard InChI is InChI=1S/C20H10F6INO4S/c1-27-15-13(22)11(8-3-2-4-9(7-8)32-20(24,25)26)12(21)14(23)16(15)28-18(29)10-5-6-33-17(10)19(30)31/h2-7H,1H2,(H,28,29)(H,30,31). The number of hydrogen-bond acceptors (Lipinski definition) is 4. The van der Waals surface area contributed by atoms with Crippen LogP contribution in [0, 0.1) is 21.0 Å². The fraction of sp³-hybridized carbons (Fsp3) is 0.0500. The number of carboxylic acids is 1. The van der Waals surface area contributed by atoms with Gasteiger partial charge in [0.05, 0.1) is 20.4 Å². The number of ether oxygens (including phenoxy) is 1. The number of rotatable bonds is 6. The van der Waals surface area contributed by atoms with E-state index in [1.54, 1.807) is 0 Å². The summed E-state index contributed by atoms with van der Waals surface area (Å²) in [6, 6.07) is 4.81. The predicted octanol–water partition coefficient (Wildman–Crippen LogP) is 6.25. The van der Waals surface area contributed by atoms with E-state index >= 15 is 4.39 Å². The van der Waals surface area contributed by atoms with Crippen molar-refractivity contribution in [1.82, 2.24) is 0 Å². The van der Waals surface area contributed by atoms with Crippen LogP contribution in [-0.4, -0.2) is 27.9 Å². The first kappa shape index (κ1) is 24.7. The van der Waals surface area contributed by atoms with Crippen molar-refractivity contribution in [2.24, 2.45) is 0 Å². The van der Waals surface area contributed by atoms with E-state index in [0.717, 1.165) is 35.6 Å². The molecule has 0 saturated carbocycles. The summed E-state index contributed by atoms with van der Waals surface area (Å²) in [5, 5.41) is 12.4. The lowest BCUT2D eigenvalue weighted by Gasteiger charge is -2.16. The van der Waals surface area contributed by atoms with Crippen LogP contribution in [0.5, 0.6) is 5.75 Å². The van der Waals surface area contributed by atoms with Gasteiger partial charge in [-0.25, -0.2) is 18.0 Å². The zero-order chi connectivity index (χ0) is 24.5. The van der Waals surface area contributed by atoms with Crippen LogP contribution in [-0.2, 0) is 0 Å². The van der Waals surface area contributed by atoms with Crippen molar-refractivity contribution in [2.45, 2.75) is 6.36 Å². The maximum Gasteiger partial charge on any atom is 0.573 e. The summed E-state index contributed by atoms with van der Waals surface area (Å²) >= 11 is -0.863. The van der Waals surface area contributed by atoms with Crippen LogP contribution in [0.1, 0.15) is 20.0 Å². The first-order valence-corrected chi connectivity index (χ1v) is 12.0. The number of hydrogen-bond donors (Lipinski definition) is 2. The fourth-order valence-electron chi connectivity index (χ4n) is 2.80. The normalized spacial score (nSPS) is 11.3. The Labute approximate surface area is 195 Å². The highest BCUT2D eigenvalue weighted by Crippen LogP contribution is 2.39. The average Bonchev–Trinajstić information content (AvgIpc) is 3.22. The molecule has 0 bridgehead atoms. The lowest BCUT2D eigenvalue weighted by Crippen LogP contribution is -2.18. The Balaban J connectivity index is 2.10. The highest BCUT2D eigenvalue weighted by Gasteiger charge is 2.32. The van der Waals surface area contributed by atoms with Crippen LogP contribution in [0.3, 0.4) is 0 Å². The number of anilines is 1. The molecule has 0 spiro atoms. The number of alkyl halides is 3. The van der Waals surface area contributed by atoms with Crippen LogP contribution in [0.4, 0.5) is 32.0 Å². The number of aromatic carboxylic acids is 1. The van der Waals surface area contributed by atoms with Gasteiger partial charge in [-0.15, -0.1) is 24.5 Å². The molecular weight excluding hydrogens is 591 g/mol. The molecule has 0 aliphatic heterocycles. The molecular formula is C20H10F6INO4S. The molecule has 0 atom stereocenters. The second-order valence-corrected chi connectivity index (χ2v) is 8.90. The number of amides is 1. The highest BCUT2D eigenvalue weighted by molar-refractivity contribution is 14.2. The van der Waals surface area contributed by atoms with E-state index in [1.165, 1.54) is 5.38 Å². The molecule has 0 aliphatic rings. The smallest absolute Gasteiger partial charge is 0.477 e. The van der Waals surface area contributed by atoms with Gasteiger partial charge < -0.3 is 15.2 Å². The minimum Gasteiger partial charge on any atom is -0.477 e. The maximum atomic E-state index is 15.2. The van der Waals surface area contributed by atoms with Crippen LogP contribution < -0.4 is 10.1 Å². The van der Waals surface area contributed by atoms with Crippen LogP contribution in [0.2, 0.25) is 0 Å². The molecule has 33 heavy (non-hydrogen) atoms. The van der Waals surface area contributed by atoms with E-state index in [2.05, 4.69) is 9.25 Å². The van der Waals surface area contributed by atoms with E-state index < -0.39 is 82.6 Å². The number of thiophene rings is 1. The summed E-state index contributed by atoms with van der Waals surface area (Å²) in [5.41, 5.74) is -2.60. The van der Waals surface area contributed by atoms with Crippen molar-refractivity contribution in [1.29, 1.82) is 0 Å². The van der Waals surface area contributed by atoms with Gasteiger partial charge in [0.15, 0.2) is 11.6 Å². The number of carboxylic acid groups (broad SMARTS) is 1. The topological polar surface area (TPSA) is 75.6 Å². The third-order valence-corrected chi connectivity index (χ3v) is 6.77. The van der Waals surface area contributed by atoms with Gasteiger partial charge in [-0.3, -0.25) is 4.79 Å². The Morgan fingerprint density at radius 1 is 1.09 bits per heavy atom. The molecule has 3 rings (SSSR count). The Morgan fingerprint density at radius 2 is 1.79 bits per heavy atom. The predicted molar refractivity (Wildman–Crippen MR) is 118 cm³/mol. The van der Waals surface area contributed by atoms with Gasteiger partial charge in [-0.05, 0) is 29.1 Å². The quantitative estimate of drug-likeness (QED) is 0.199. The van der Waals surface area contributed by atoms with Crippen LogP contribution >= 0.6 is 32.1 Å². The first-order chi connectivity index (χ1) is 15.4. The molecule has 1 amide bonds. The largest absolute Gasteiger partial charge is 0.573 e. The summed E-state index contributed by atoms with van der Waals surface area (Å²) in [4.78, 5) is 23.3. The van der Waals surface area contributed by atoms with Crippen LogP contribution in [0.25, 0.3) is 11.1 Å². The van der Waals surface area contributed by atoms with Crippen LogP contribution in [0.15, 0.2) is 35.7 Å². The molecule has 2 aromatic carbocycles. The molecule has 5 nitrogen and oxygen atoms in total. The van der Waals surface area contributed by atoms with Gasteiger partial charge in [0.25, 0.3) is 5.91 Å². The third-order valence-electron chi connectivity index (χ3n) is 4.10. The lowest BCUT2D eigenvalue weighted by molar-refractivity contribution is -0.274. The number of carbonyl (C=O) groups is 2. The number of carbonyl (C=O) groups excluding carboxylic acids is 1. The lowest BCUT2D eigenvalue weighted by atomic mass is 10.0. The van der Waals surface area contributed by atoms with Gasteiger partial charge in [-0.1, -0.05) is 37.4 Å². The molecule has 0 saturated heterocycles. The molecule has 0 fully saturated rings. The van der Waals surface area contributed by atoms with Crippen molar-refractivity contribution in [3.63, 3.8) is 0 Å². The Morgan fingerprint density at radius 3 is 2.39 bits per heavy atom. The zero-order valence-electron chi connectivity index (χ0n) is 15.9. The Hall–Kier alpha value is -2.94. The Kier molecular flexibility index (Phi) is 7.11. The number of benzene rings is 2. The molecule has 0 aliphatic carbocycles. The maximum absolute atomic E-state index is 15.2. The van der Waals surface area contributed by atoms with E-state index in [9.17, 15) is 31.5 Å². The second kappa shape index (κ2) is 9.51. The van der Waals surface area contributed by atoms with Gasteiger partial charge in [-0.2, -0.15) is 0 Å². The molecule has 174 valence electrons. The zero-order valence-corrected chi connectivity index (χ0v) is 18.9. The van der Waals surface area contributed by atoms with Gasteiger partial charge in [0.2, 0.25) is 0 Å². The van der Waals surface area contributed by atoms with Crippen molar-refractivity contribution in [2.75, 3.05) is 5.32 Å². The summed E-state index contributed by atoms with van der Waals surface area (Å²) in [6.07, 6.45) is -5.06. The monoisotopic (exact) mass is 601 g/mol. The molecule has 0 unspecified atom stereocenters.